The predicted molar refractivity (Wildman–Crippen MR) is 101 cm³/mol. The topological polar surface area (TPSA) is 213 Å². The van der Waals surface area contributed by atoms with Gasteiger partial charge in [-0.1, -0.05) is 0 Å². The van der Waals surface area contributed by atoms with Gasteiger partial charge in [0.15, 0.2) is 0 Å². The number of Topliss-reactive ketones (excluding diaryl/α,β-unsaturated/α-hetero) is 3. The van der Waals surface area contributed by atoms with Crippen molar-refractivity contribution in [2.75, 3.05) is 16.3 Å². The van der Waals surface area contributed by atoms with E-state index in [0.29, 0.717) is 0 Å². The van der Waals surface area contributed by atoms with Crippen LogP contribution in [0, 0.1) is 0 Å². The summed E-state index contributed by atoms with van der Waals surface area (Å²) in [5.41, 5.74) is 13.6. The molecule has 0 spiro atoms. The molecule has 0 saturated carbocycles. The minimum atomic E-state index is -0.656. The number of carbonyl (C=O) groups excluding carboxylic acids is 6. The van der Waals surface area contributed by atoms with Crippen LogP contribution in [0.3, 0.4) is 0 Å². The average molecular weight is 423 g/mol. The monoisotopic (exact) mass is 423 g/mol. The number of amides is 3. The second-order valence-electron chi connectivity index (χ2n) is 5.96. The van der Waals surface area contributed by atoms with Crippen molar-refractivity contribution in [2.24, 2.45) is 0 Å². The molecule has 0 bridgehead atoms. The first-order valence-corrected chi connectivity index (χ1v) is 8.44. The zero-order chi connectivity index (χ0) is 22.7. The van der Waals surface area contributed by atoms with Gasteiger partial charge in [-0.05, 0) is 20.8 Å². The number of nitrogens with zero attached hydrogens (tertiary/aromatic N) is 3. The van der Waals surface area contributed by atoms with Crippen LogP contribution < -0.4 is 32.6 Å². The smallest absolute Gasteiger partial charge is 0.248 e. The lowest BCUT2D eigenvalue weighted by atomic mass is 10.3. The largest absolute Gasteiger partial charge is 0.299 e. The van der Waals surface area contributed by atoms with Crippen molar-refractivity contribution < 1.29 is 28.8 Å². The lowest BCUT2D eigenvalue weighted by Crippen LogP contribution is -2.35. The molecule has 1 rings (SSSR count). The molecule has 0 aliphatic heterocycles. The van der Waals surface area contributed by atoms with Crippen LogP contribution in [0.2, 0.25) is 0 Å². The molecule has 1 aromatic rings. The van der Waals surface area contributed by atoms with Crippen molar-refractivity contribution in [1.82, 2.24) is 31.2 Å². The Morgan fingerprint density at radius 3 is 0.967 bits per heavy atom. The van der Waals surface area contributed by atoms with Gasteiger partial charge in [-0.2, -0.15) is 15.0 Å². The number of carbonyl (C=O) groups is 6. The molecule has 6 N–H and O–H groups in total. The molecule has 0 aromatic carbocycles. The molecular formula is C15H21N9O6. The van der Waals surface area contributed by atoms with E-state index >= 15 is 0 Å². The van der Waals surface area contributed by atoms with Gasteiger partial charge >= 0.3 is 0 Å². The Hall–Kier alpha value is -4.17. The molecule has 0 aliphatic rings. The zero-order valence-corrected chi connectivity index (χ0v) is 16.4. The van der Waals surface area contributed by atoms with Gasteiger partial charge in [0.2, 0.25) is 35.6 Å². The molecule has 0 radical (unpaired) electrons. The number of nitrogens with one attached hydrogen (secondary N) is 6. The number of ketones is 3. The van der Waals surface area contributed by atoms with Crippen LogP contribution in [0.4, 0.5) is 17.8 Å². The first-order chi connectivity index (χ1) is 14.0. The zero-order valence-electron chi connectivity index (χ0n) is 16.4. The third-order valence-corrected chi connectivity index (χ3v) is 2.81. The van der Waals surface area contributed by atoms with Crippen molar-refractivity contribution in [2.45, 2.75) is 40.0 Å². The van der Waals surface area contributed by atoms with Crippen molar-refractivity contribution in [3.8, 4) is 0 Å². The van der Waals surface area contributed by atoms with E-state index in [9.17, 15) is 28.8 Å². The molecule has 3 amide bonds. The summed E-state index contributed by atoms with van der Waals surface area (Å²) in [6, 6.07) is 0. The molecule has 162 valence electrons. The standard InChI is InChI=1S/C15H21N9O6/c1-7(25)4-10(28)19-22-13-16-14(23-20-11(29)5-8(2)26)18-15(17-13)24-21-12(30)6-9(3)27/h4-6H2,1-3H3,(H,19,28)(H,20,29)(H,21,30)(H3,16,17,18,22,23,24). The van der Waals surface area contributed by atoms with Crippen molar-refractivity contribution in [3.63, 3.8) is 0 Å². The highest BCUT2D eigenvalue weighted by molar-refractivity contribution is 5.98. The molecule has 0 unspecified atom stereocenters. The molecule has 0 saturated heterocycles. The van der Waals surface area contributed by atoms with Crippen molar-refractivity contribution in [1.29, 1.82) is 0 Å². The van der Waals surface area contributed by atoms with Crippen molar-refractivity contribution >= 4 is 52.9 Å². The summed E-state index contributed by atoms with van der Waals surface area (Å²) in [7, 11) is 0. The fraction of sp³-hybridized carbons (Fsp3) is 0.400. The highest BCUT2D eigenvalue weighted by atomic mass is 16.2. The number of aromatic nitrogens is 3. The van der Waals surface area contributed by atoms with Gasteiger partial charge < -0.3 is 0 Å². The third kappa shape index (κ3) is 10.2. The molecule has 15 nitrogen and oxygen atoms in total. The summed E-state index contributed by atoms with van der Waals surface area (Å²) < 4.78 is 0. The Balaban J connectivity index is 2.87. The van der Waals surface area contributed by atoms with E-state index in [-0.39, 0.29) is 54.5 Å². The average Bonchev–Trinajstić information content (AvgIpc) is 2.61. The number of anilines is 3. The van der Waals surface area contributed by atoms with Crippen molar-refractivity contribution in [3.05, 3.63) is 0 Å². The Bertz CT molecular complexity index is 735. The predicted octanol–water partition coefficient (Wildman–Crippen LogP) is -1.86. The molecule has 0 aliphatic carbocycles. The molecular weight excluding hydrogens is 402 g/mol. The van der Waals surface area contributed by atoms with E-state index in [1.54, 1.807) is 0 Å². The number of hydrogen-bond acceptors (Lipinski definition) is 12. The first-order valence-electron chi connectivity index (χ1n) is 8.44. The maximum atomic E-state index is 11.6. The molecule has 30 heavy (non-hydrogen) atoms. The van der Waals surface area contributed by atoms with E-state index in [0.717, 1.165) is 0 Å². The summed E-state index contributed by atoms with van der Waals surface area (Å²) in [5, 5.41) is 0. The fourth-order valence-electron chi connectivity index (χ4n) is 1.73. The van der Waals surface area contributed by atoms with E-state index in [2.05, 4.69) is 47.5 Å². The molecule has 15 heteroatoms. The number of hydrazine groups is 3. The summed E-state index contributed by atoms with van der Waals surface area (Å²) in [6.07, 6.45) is -1.14. The molecule has 0 atom stereocenters. The fourth-order valence-corrected chi connectivity index (χ4v) is 1.73. The van der Waals surface area contributed by atoms with Crippen LogP contribution in [0.25, 0.3) is 0 Å². The summed E-state index contributed by atoms with van der Waals surface area (Å²) in [5.74, 6) is -3.75. The minimum absolute atomic E-state index is 0.228. The number of hydrogen-bond donors (Lipinski definition) is 6. The van der Waals surface area contributed by atoms with Gasteiger partial charge in [-0.25, -0.2) is 0 Å². The van der Waals surface area contributed by atoms with Gasteiger partial charge in [0.05, 0.1) is 19.3 Å². The molecule has 0 fully saturated rings. The minimum Gasteiger partial charge on any atom is -0.299 e. The van der Waals surface area contributed by atoms with E-state index in [1.165, 1.54) is 20.8 Å². The van der Waals surface area contributed by atoms with Crippen LogP contribution in [0.1, 0.15) is 40.0 Å². The molecule has 1 aromatic heterocycles. The van der Waals surface area contributed by atoms with E-state index in [4.69, 9.17) is 0 Å². The van der Waals surface area contributed by atoms with Crippen LogP contribution in [-0.4, -0.2) is 50.0 Å². The Morgan fingerprint density at radius 1 is 0.533 bits per heavy atom. The maximum Gasteiger partial charge on any atom is 0.248 e. The SMILES string of the molecule is CC(=O)CC(=O)NNc1nc(NNC(=O)CC(C)=O)nc(NNC(=O)CC(C)=O)n1. The summed E-state index contributed by atoms with van der Waals surface area (Å²) in [4.78, 5) is 79.1. The van der Waals surface area contributed by atoms with Gasteiger partial charge in [-0.3, -0.25) is 61.3 Å². The lowest BCUT2D eigenvalue weighted by Gasteiger charge is -2.12. The van der Waals surface area contributed by atoms with Crippen LogP contribution >= 0.6 is 0 Å². The third-order valence-electron chi connectivity index (χ3n) is 2.81. The van der Waals surface area contributed by atoms with E-state index < -0.39 is 17.7 Å². The summed E-state index contributed by atoms with van der Waals surface area (Å²) >= 11 is 0. The van der Waals surface area contributed by atoms with Gasteiger partial charge in [0.1, 0.15) is 17.3 Å². The lowest BCUT2D eigenvalue weighted by molar-refractivity contribution is -0.128. The highest BCUT2D eigenvalue weighted by Gasteiger charge is 2.12. The Labute approximate surface area is 170 Å². The van der Waals surface area contributed by atoms with Crippen LogP contribution in [0.5, 0.6) is 0 Å². The first kappa shape index (κ1) is 23.9. The maximum absolute atomic E-state index is 11.6. The van der Waals surface area contributed by atoms with Gasteiger partial charge in [-0.15, -0.1) is 0 Å². The van der Waals surface area contributed by atoms with Crippen LogP contribution in [-0.2, 0) is 28.8 Å². The van der Waals surface area contributed by atoms with E-state index in [1.807, 2.05) is 0 Å². The highest BCUT2D eigenvalue weighted by Crippen LogP contribution is 2.07. The van der Waals surface area contributed by atoms with Crippen LogP contribution in [0.15, 0.2) is 0 Å². The molecule has 1 heterocycles. The van der Waals surface area contributed by atoms with Gasteiger partial charge in [0, 0.05) is 0 Å². The van der Waals surface area contributed by atoms with Gasteiger partial charge in [0.25, 0.3) is 0 Å². The second kappa shape index (κ2) is 11.6. The Kier molecular flexibility index (Phi) is 9.25. The number of rotatable bonds is 12. The second-order valence-corrected chi connectivity index (χ2v) is 5.96. The quantitative estimate of drug-likeness (QED) is 0.161. The Morgan fingerprint density at radius 2 is 0.767 bits per heavy atom. The summed E-state index contributed by atoms with van der Waals surface area (Å²) in [6.45, 7) is 3.71. The normalized spacial score (nSPS) is 9.70.